The van der Waals surface area contributed by atoms with Crippen LogP contribution in [0.4, 0.5) is 0 Å². The minimum absolute atomic E-state index is 0.120. The Morgan fingerprint density at radius 2 is 1.41 bits per heavy atom. The molecule has 1 aliphatic rings. The van der Waals surface area contributed by atoms with E-state index in [9.17, 15) is 0 Å². The van der Waals surface area contributed by atoms with Gasteiger partial charge in [-0.25, -0.2) is 0 Å². The van der Waals surface area contributed by atoms with Crippen LogP contribution >= 0.6 is 23.2 Å². The minimum atomic E-state index is -0.395. The Morgan fingerprint density at radius 3 is 1.89 bits per heavy atom. The van der Waals surface area contributed by atoms with Gasteiger partial charge in [0, 0.05) is 11.5 Å². The lowest BCUT2D eigenvalue weighted by atomic mass is 9.75. The van der Waals surface area contributed by atoms with Crippen molar-refractivity contribution in [2.45, 2.75) is 91.0 Å². The topological polar surface area (TPSA) is 53.7 Å². The van der Waals surface area contributed by atoms with Crippen LogP contribution in [0.5, 0.6) is 5.75 Å². The highest BCUT2D eigenvalue weighted by Gasteiger charge is 2.58. The molecular weight excluding hydrogens is 508 g/mol. The summed E-state index contributed by atoms with van der Waals surface area (Å²) in [6.45, 7) is 13.1. The average molecular weight is 544 g/mol. The molecule has 1 saturated heterocycles. The fourth-order valence-corrected chi connectivity index (χ4v) is 6.20. The normalized spacial score (nSPS) is 16.5. The molecule has 0 N–H and O–H groups in total. The van der Waals surface area contributed by atoms with Gasteiger partial charge in [-0.05, 0) is 55.4 Å². The van der Waals surface area contributed by atoms with Crippen LogP contribution in [-0.2, 0) is 15.9 Å². The van der Waals surface area contributed by atoms with E-state index in [4.69, 9.17) is 41.8 Å². The van der Waals surface area contributed by atoms with Crippen LogP contribution in [0.15, 0.2) is 47.0 Å². The monoisotopic (exact) mass is 543 g/mol. The molecule has 0 radical (unpaired) electrons. The maximum Gasteiger partial charge on any atom is 0.494 e. The second kappa shape index (κ2) is 11.4. The Balaban J connectivity index is 1.55. The molecule has 0 atom stereocenters. The highest BCUT2D eigenvalue weighted by molar-refractivity contribution is 6.62. The Hall–Kier alpha value is -1.99. The van der Waals surface area contributed by atoms with Crippen LogP contribution in [0.25, 0.3) is 11.3 Å². The Bertz CT molecular complexity index is 1160. The summed E-state index contributed by atoms with van der Waals surface area (Å²) in [4.78, 5) is 0. The van der Waals surface area contributed by atoms with E-state index in [0.29, 0.717) is 21.3 Å². The summed E-state index contributed by atoms with van der Waals surface area (Å²) in [5, 5.41) is 5.35. The van der Waals surface area contributed by atoms with Gasteiger partial charge in [-0.15, -0.1) is 0 Å². The van der Waals surface area contributed by atoms with E-state index in [2.05, 4.69) is 46.7 Å². The first-order chi connectivity index (χ1) is 17.7. The predicted octanol–water partition coefficient (Wildman–Crippen LogP) is 8.21. The summed E-state index contributed by atoms with van der Waals surface area (Å²) in [5.41, 5.74) is 2.51. The summed E-state index contributed by atoms with van der Waals surface area (Å²) in [5.74, 6) is 1.60. The molecule has 3 aromatic rings. The van der Waals surface area contributed by atoms with E-state index in [1.54, 1.807) is 12.1 Å². The highest BCUT2D eigenvalue weighted by Crippen LogP contribution is 2.47. The third kappa shape index (κ3) is 5.06. The zero-order valence-corrected chi connectivity index (χ0v) is 24.1. The predicted molar refractivity (Wildman–Crippen MR) is 151 cm³/mol. The molecule has 198 valence electrons. The standard InChI is InChI=1S/C29H36BCl2NO4/c1-7-28(8-2)29(9-3,10-4)37-30(36-28)20-14-16-21(17-15-20)34-18-22-26(33-35-27(22)19(5)6)25-23(31)12-11-13-24(25)32/h11-17,19H,7-10,18H2,1-6H3. The van der Waals surface area contributed by atoms with E-state index in [1.165, 1.54) is 0 Å². The zero-order valence-electron chi connectivity index (χ0n) is 22.6. The molecule has 1 aromatic heterocycles. The molecule has 0 aliphatic carbocycles. The fourth-order valence-electron chi connectivity index (χ4n) is 5.62. The molecule has 5 nitrogen and oxygen atoms in total. The van der Waals surface area contributed by atoms with E-state index >= 15 is 0 Å². The van der Waals surface area contributed by atoms with Gasteiger partial charge in [0.2, 0.25) is 0 Å². The van der Waals surface area contributed by atoms with Crippen molar-refractivity contribution < 1.29 is 18.6 Å². The van der Waals surface area contributed by atoms with Crippen LogP contribution < -0.4 is 10.2 Å². The quantitative estimate of drug-likeness (QED) is 0.241. The van der Waals surface area contributed by atoms with Gasteiger partial charge in [-0.3, -0.25) is 0 Å². The maximum absolute atomic E-state index is 6.61. The van der Waals surface area contributed by atoms with Crippen molar-refractivity contribution in [2.24, 2.45) is 0 Å². The summed E-state index contributed by atoms with van der Waals surface area (Å²) in [6, 6.07) is 13.3. The zero-order chi connectivity index (χ0) is 26.8. The molecular formula is C29H36BCl2NO4. The molecule has 1 fully saturated rings. The number of nitrogens with zero attached hydrogens (tertiary/aromatic N) is 1. The van der Waals surface area contributed by atoms with Gasteiger partial charge in [-0.2, -0.15) is 0 Å². The molecule has 0 unspecified atom stereocenters. The Labute approximate surface area is 230 Å². The molecule has 2 aromatic carbocycles. The second-order valence-electron chi connectivity index (χ2n) is 9.95. The first-order valence-electron chi connectivity index (χ1n) is 13.3. The van der Waals surface area contributed by atoms with Crippen molar-refractivity contribution in [3.63, 3.8) is 0 Å². The Kier molecular flexibility index (Phi) is 8.64. The molecule has 2 heterocycles. The maximum atomic E-state index is 6.61. The van der Waals surface area contributed by atoms with Gasteiger partial charge >= 0.3 is 7.12 Å². The number of hydrogen-bond acceptors (Lipinski definition) is 5. The van der Waals surface area contributed by atoms with Crippen molar-refractivity contribution in [2.75, 3.05) is 0 Å². The SMILES string of the molecule is CCC1(CC)OB(c2ccc(OCc3c(-c4c(Cl)cccc4Cl)noc3C(C)C)cc2)OC1(CC)CC. The van der Waals surface area contributed by atoms with Crippen molar-refractivity contribution in [1.82, 2.24) is 5.16 Å². The number of aromatic nitrogens is 1. The average Bonchev–Trinajstić information content (AvgIpc) is 3.47. The molecule has 1 aliphatic heterocycles. The minimum Gasteiger partial charge on any atom is -0.489 e. The third-order valence-electron chi connectivity index (χ3n) is 7.86. The van der Waals surface area contributed by atoms with E-state index in [-0.39, 0.29) is 23.7 Å². The van der Waals surface area contributed by atoms with E-state index < -0.39 is 7.12 Å². The fraction of sp³-hybridized carbons (Fsp3) is 0.483. The van der Waals surface area contributed by atoms with Gasteiger partial charge in [0.1, 0.15) is 23.8 Å². The second-order valence-corrected chi connectivity index (χ2v) is 10.8. The number of ether oxygens (including phenoxy) is 1. The van der Waals surface area contributed by atoms with Gasteiger partial charge in [0.05, 0.1) is 26.8 Å². The Morgan fingerprint density at radius 1 is 0.865 bits per heavy atom. The summed E-state index contributed by atoms with van der Waals surface area (Å²) in [7, 11) is -0.395. The van der Waals surface area contributed by atoms with Crippen LogP contribution in [0.2, 0.25) is 10.0 Å². The molecule has 0 bridgehead atoms. The van der Waals surface area contributed by atoms with Crippen LogP contribution in [0.1, 0.15) is 84.5 Å². The molecule has 0 amide bonds. The molecule has 0 saturated carbocycles. The number of halogens is 2. The van der Waals surface area contributed by atoms with Crippen LogP contribution in [0, 0.1) is 0 Å². The van der Waals surface area contributed by atoms with Crippen molar-refractivity contribution in [3.8, 4) is 17.0 Å². The lowest BCUT2D eigenvalue weighted by Crippen LogP contribution is -2.50. The largest absolute Gasteiger partial charge is 0.494 e. The highest BCUT2D eigenvalue weighted by atomic mass is 35.5. The smallest absolute Gasteiger partial charge is 0.489 e. The summed E-state index contributed by atoms with van der Waals surface area (Å²) >= 11 is 12.9. The summed E-state index contributed by atoms with van der Waals surface area (Å²) < 4.78 is 25.1. The molecule has 37 heavy (non-hydrogen) atoms. The van der Waals surface area contributed by atoms with Gasteiger partial charge in [0.25, 0.3) is 0 Å². The van der Waals surface area contributed by atoms with E-state index in [1.807, 2.05) is 30.3 Å². The lowest BCUT2D eigenvalue weighted by molar-refractivity contribution is -0.0601. The first-order valence-corrected chi connectivity index (χ1v) is 14.0. The number of benzene rings is 2. The van der Waals surface area contributed by atoms with Crippen molar-refractivity contribution in [1.29, 1.82) is 0 Å². The first kappa shape index (κ1) is 28.0. The van der Waals surface area contributed by atoms with Gasteiger partial charge < -0.3 is 18.6 Å². The van der Waals surface area contributed by atoms with E-state index in [0.717, 1.165) is 48.2 Å². The van der Waals surface area contributed by atoms with Gasteiger partial charge in [-0.1, -0.05) is 88.1 Å². The lowest BCUT2D eigenvalue weighted by Gasteiger charge is -2.42. The van der Waals surface area contributed by atoms with Crippen LogP contribution in [-0.4, -0.2) is 23.5 Å². The van der Waals surface area contributed by atoms with Gasteiger partial charge in [0.15, 0.2) is 0 Å². The third-order valence-corrected chi connectivity index (χ3v) is 8.49. The molecule has 4 rings (SSSR count). The van der Waals surface area contributed by atoms with Crippen LogP contribution in [0.3, 0.4) is 0 Å². The number of rotatable bonds is 10. The number of hydrogen-bond donors (Lipinski definition) is 0. The molecule has 8 heteroatoms. The summed E-state index contributed by atoms with van der Waals surface area (Å²) in [6.07, 6.45) is 3.66. The molecule has 0 spiro atoms. The van der Waals surface area contributed by atoms with Crippen molar-refractivity contribution in [3.05, 3.63) is 63.8 Å². The van der Waals surface area contributed by atoms with Crippen molar-refractivity contribution >= 4 is 35.8 Å².